The maximum atomic E-state index is 13.1. The van der Waals surface area contributed by atoms with Gasteiger partial charge in [0.1, 0.15) is 5.82 Å². The van der Waals surface area contributed by atoms with Gasteiger partial charge in [-0.25, -0.2) is 4.39 Å². The van der Waals surface area contributed by atoms with Crippen LogP contribution in [0.25, 0.3) is 0 Å². The number of nitrogens with two attached hydrogens (primary N) is 2. The summed E-state index contributed by atoms with van der Waals surface area (Å²) in [6, 6.07) is 4.98. The van der Waals surface area contributed by atoms with Crippen molar-refractivity contribution in [1.29, 1.82) is 0 Å². The Bertz CT molecular complexity index is 389. The maximum Gasteiger partial charge on any atom is 0.141 e. The summed E-state index contributed by atoms with van der Waals surface area (Å²) >= 11 is 5.77. The predicted octanol–water partition coefficient (Wildman–Crippen LogP) is 3.00. The Balaban J connectivity index is 2.08. The molecule has 94 valence electrons. The van der Waals surface area contributed by atoms with E-state index in [1.165, 1.54) is 6.07 Å². The van der Waals surface area contributed by atoms with Crippen molar-refractivity contribution in [2.75, 3.05) is 0 Å². The SMILES string of the molecule is NC1CCC(C(N)c2ccc(F)c(Cl)c2)CC1. The van der Waals surface area contributed by atoms with Gasteiger partial charge >= 0.3 is 0 Å². The molecular formula is C13H18ClFN2. The molecule has 0 aromatic heterocycles. The zero-order valence-corrected chi connectivity index (χ0v) is 10.5. The first-order valence-electron chi connectivity index (χ1n) is 6.04. The fourth-order valence-electron chi connectivity index (χ4n) is 2.50. The molecule has 1 aliphatic carbocycles. The van der Waals surface area contributed by atoms with Gasteiger partial charge in [0.2, 0.25) is 0 Å². The summed E-state index contributed by atoms with van der Waals surface area (Å²) in [5.74, 6) is 0.0320. The van der Waals surface area contributed by atoms with Crippen LogP contribution in [0.1, 0.15) is 37.3 Å². The van der Waals surface area contributed by atoms with Crippen LogP contribution < -0.4 is 11.5 Å². The quantitative estimate of drug-likeness (QED) is 0.855. The molecule has 0 aliphatic heterocycles. The van der Waals surface area contributed by atoms with Crippen molar-refractivity contribution >= 4 is 11.6 Å². The smallest absolute Gasteiger partial charge is 0.141 e. The lowest BCUT2D eigenvalue weighted by Crippen LogP contribution is -2.31. The summed E-state index contributed by atoms with van der Waals surface area (Å²) in [6.45, 7) is 0. The zero-order chi connectivity index (χ0) is 12.4. The molecule has 0 bridgehead atoms. The third-order valence-corrected chi connectivity index (χ3v) is 3.94. The lowest BCUT2D eigenvalue weighted by molar-refractivity contribution is 0.285. The van der Waals surface area contributed by atoms with Crippen LogP contribution in [0, 0.1) is 11.7 Å². The van der Waals surface area contributed by atoms with Gasteiger partial charge in [-0.1, -0.05) is 17.7 Å². The van der Waals surface area contributed by atoms with E-state index < -0.39 is 5.82 Å². The summed E-state index contributed by atoms with van der Waals surface area (Å²) in [4.78, 5) is 0. The summed E-state index contributed by atoms with van der Waals surface area (Å²) in [6.07, 6.45) is 4.12. The van der Waals surface area contributed by atoms with E-state index in [-0.39, 0.29) is 11.1 Å². The van der Waals surface area contributed by atoms with Crippen molar-refractivity contribution in [3.05, 3.63) is 34.6 Å². The molecule has 0 radical (unpaired) electrons. The number of hydrogen-bond acceptors (Lipinski definition) is 2. The molecule has 1 saturated carbocycles. The molecule has 0 saturated heterocycles. The molecule has 1 unspecified atom stereocenters. The highest BCUT2D eigenvalue weighted by molar-refractivity contribution is 6.30. The third-order valence-electron chi connectivity index (χ3n) is 3.65. The highest BCUT2D eigenvalue weighted by Crippen LogP contribution is 2.33. The van der Waals surface area contributed by atoms with Gasteiger partial charge in [-0.3, -0.25) is 0 Å². The summed E-state index contributed by atoms with van der Waals surface area (Å²) in [5, 5.41) is 0.144. The fraction of sp³-hybridized carbons (Fsp3) is 0.538. The van der Waals surface area contributed by atoms with Gasteiger partial charge in [-0.05, 0) is 49.3 Å². The van der Waals surface area contributed by atoms with Crippen LogP contribution in [0.15, 0.2) is 18.2 Å². The molecule has 0 amide bonds. The highest BCUT2D eigenvalue weighted by atomic mass is 35.5. The minimum atomic E-state index is -0.395. The largest absolute Gasteiger partial charge is 0.328 e. The molecule has 1 aliphatic rings. The van der Waals surface area contributed by atoms with Gasteiger partial charge < -0.3 is 11.5 Å². The van der Waals surface area contributed by atoms with Crippen LogP contribution in [0.2, 0.25) is 5.02 Å². The molecular weight excluding hydrogens is 239 g/mol. The second-order valence-corrected chi connectivity index (χ2v) is 5.28. The second-order valence-electron chi connectivity index (χ2n) is 4.87. The molecule has 0 spiro atoms. The van der Waals surface area contributed by atoms with Crippen LogP contribution in [-0.4, -0.2) is 6.04 Å². The minimum Gasteiger partial charge on any atom is -0.328 e. The highest BCUT2D eigenvalue weighted by Gasteiger charge is 2.25. The Kier molecular flexibility index (Phi) is 4.02. The van der Waals surface area contributed by atoms with Gasteiger partial charge in [-0.15, -0.1) is 0 Å². The van der Waals surface area contributed by atoms with E-state index in [9.17, 15) is 4.39 Å². The topological polar surface area (TPSA) is 52.0 Å². The van der Waals surface area contributed by atoms with Crippen molar-refractivity contribution in [3.8, 4) is 0 Å². The number of rotatable bonds is 2. The van der Waals surface area contributed by atoms with E-state index in [2.05, 4.69) is 0 Å². The minimum absolute atomic E-state index is 0.0689. The average molecular weight is 257 g/mol. The standard InChI is InChI=1S/C13H18ClFN2/c14-11-7-9(3-6-12(11)15)13(17)8-1-4-10(16)5-2-8/h3,6-8,10,13H,1-2,4-5,16-17H2. The van der Waals surface area contributed by atoms with Gasteiger partial charge in [0.05, 0.1) is 5.02 Å². The van der Waals surface area contributed by atoms with Gasteiger partial charge in [-0.2, -0.15) is 0 Å². The first kappa shape index (κ1) is 12.8. The van der Waals surface area contributed by atoms with E-state index in [1.54, 1.807) is 12.1 Å². The van der Waals surface area contributed by atoms with Gasteiger partial charge in [0.15, 0.2) is 0 Å². The van der Waals surface area contributed by atoms with Crippen LogP contribution >= 0.6 is 11.6 Å². The fourth-order valence-corrected chi connectivity index (χ4v) is 2.68. The zero-order valence-electron chi connectivity index (χ0n) is 9.70. The first-order chi connectivity index (χ1) is 8.08. The van der Waals surface area contributed by atoms with Crippen molar-refractivity contribution < 1.29 is 4.39 Å². The van der Waals surface area contributed by atoms with Crippen molar-refractivity contribution in [2.24, 2.45) is 17.4 Å². The van der Waals surface area contributed by atoms with Crippen LogP contribution in [0.3, 0.4) is 0 Å². The molecule has 4 N–H and O–H groups in total. The lowest BCUT2D eigenvalue weighted by atomic mass is 9.80. The first-order valence-corrected chi connectivity index (χ1v) is 6.42. The Morgan fingerprint density at radius 3 is 2.47 bits per heavy atom. The van der Waals surface area contributed by atoms with E-state index in [0.29, 0.717) is 12.0 Å². The molecule has 1 fully saturated rings. The third kappa shape index (κ3) is 2.97. The number of halogens is 2. The van der Waals surface area contributed by atoms with Crippen LogP contribution in [0.4, 0.5) is 4.39 Å². The van der Waals surface area contributed by atoms with Crippen molar-refractivity contribution in [1.82, 2.24) is 0 Å². The molecule has 2 nitrogen and oxygen atoms in total. The molecule has 2 rings (SSSR count). The molecule has 1 aromatic carbocycles. The molecule has 4 heteroatoms. The normalized spacial score (nSPS) is 26.8. The van der Waals surface area contributed by atoms with E-state index in [0.717, 1.165) is 31.2 Å². The molecule has 1 aromatic rings. The predicted molar refractivity (Wildman–Crippen MR) is 68.3 cm³/mol. The second kappa shape index (κ2) is 5.34. The van der Waals surface area contributed by atoms with Gasteiger partial charge in [0.25, 0.3) is 0 Å². The van der Waals surface area contributed by atoms with Crippen molar-refractivity contribution in [2.45, 2.75) is 37.8 Å². The molecule has 1 atom stereocenters. The van der Waals surface area contributed by atoms with E-state index >= 15 is 0 Å². The van der Waals surface area contributed by atoms with Crippen LogP contribution in [0.5, 0.6) is 0 Å². The summed E-state index contributed by atoms with van der Waals surface area (Å²) in [7, 11) is 0. The monoisotopic (exact) mass is 256 g/mol. The van der Waals surface area contributed by atoms with Gasteiger partial charge in [0, 0.05) is 12.1 Å². The van der Waals surface area contributed by atoms with Crippen LogP contribution in [-0.2, 0) is 0 Å². The number of benzene rings is 1. The lowest BCUT2D eigenvalue weighted by Gasteiger charge is -2.30. The Labute approximate surface area is 106 Å². The van der Waals surface area contributed by atoms with E-state index in [4.69, 9.17) is 23.1 Å². The summed E-state index contributed by atoms with van der Waals surface area (Å²) in [5.41, 5.74) is 13.0. The van der Waals surface area contributed by atoms with E-state index in [1.807, 2.05) is 0 Å². The molecule has 17 heavy (non-hydrogen) atoms. The number of hydrogen-bond donors (Lipinski definition) is 2. The Morgan fingerprint density at radius 2 is 1.88 bits per heavy atom. The Hall–Kier alpha value is -0.640. The summed E-state index contributed by atoms with van der Waals surface area (Å²) < 4.78 is 13.1. The maximum absolute atomic E-state index is 13.1. The average Bonchev–Trinajstić information content (AvgIpc) is 2.33. The van der Waals surface area contributed by atoms with Crippen molar-refractivity contribution in [3.63, 3.8) is 0 Å². The Morgan fingerprint density at radius 1 is 1.24 bits per heavy atom. The molecule has 0 heterocycles.